The molecule has 0 heterocycles. The summed E-state index contributed by atoms with van der Waals surface area (Å²) in [6.45, 7) is 8.29. The zero-order chi connectivity index (χ0) is 13.8. The molecule has 1 aromatic rings. The van der Waals surface area contributed by atoms with Crippen LogP contribution in [0, 0.1) is 10.8 Å². The van der Waals surface area contributed by atoms with Crippen LogP contribution < -0.4 is 10.5 Å². The Kier molecular flexibility index (Phi) is 2.76. The number of hydrogen-bond acceptors (Lipinski definition) is 3. The van der Waals surface area contributed by atoms with Gasteiger partial charge in [0.05, 0.1) is 4.90 Å². The zero-order valence-electron chi connectivity index (χ0n) is 11.2. The predicted molar refractivity (Wildman–Crippen MR) is 72.5 cm³/mol. The van der Waals surface area contributed by atoms with Gasteiger partial charge >= 0.3 is 0 Å². The third-order valence-electron chi connectivity index (χ3n) is 4.48. The topological polar surface area (TPSA) is 72.2 Å². The number of anilines is 1. The lowest BCUT2D eigenvalue weighted by atomic mass is 10.0. The van der Waals surface area contributed by atoms with E-state index in [0.29, 0.717) is 5.69 Å². The van der Waals surface area contributed by atoms with E-state index in [4.69, 9.17) is 5.73 Å². The van der Waals surface area contributed by atoms with Crippen molar-refractivity contribution >= 4 is 15.7 Å². The van der Waals surface area contributed by atoms with Gasteiger partial charge in [-0.3, -0.25) is 0 Å². The molecule has 18 heavy (non-hydrogen) atoms. The number of rotatable bonds is 3. The van der Waals surface area contributed by atoms with Crippen LogP contribution in [-0.2, 0) is 10.0 Å². The highest BCUT2D eigenvalue weighted by atomic mass is 32.2. The van der Waals surface area contributed by atoms with Gasteiger partial charge < -0.3 is 5.73 Å². The Bertz CT molecular complexity index is 545. The van der Waals surface area contributed by atoms with Gasteiger partial charge in [0.15, 0.2) is 0 Å². The van der Waals surface area contributed by atoms with Crippen molar-refractivity contribution in [2.24, 2.45) is 10.8 Å². The largest absolute Gasteiger partial charge is 0.399 e. The summed E-state index contributed by atoms with van der Waals surface area (Å²) in [5.74, 6) is 0. The lowest BCUT2D eigenvalue weighted by Crippen LogP contribution is -2.29. The number of nitrogen functional groups attached to an aromatic ring is 1. The maximum absolute atomic E-state index is 12.2. The molecule has 100 valence electrons. The van der Waals surface area contributed by atoms with E-state index in [1.54, 1.807) is 12.1 Å². The molecule has 1 fully saturated rings. The molecule has 0 aliphatic heterocycles. The molecule has 0 unspecified atom stereocenters. The number of benzene rings is 1. The molecule has 5 heteroatoms. The highest BCUT2D eigenvalue weighted by molar-refractivity contribution is 7.89. The first kappa shape index (κ1) is 13.4. The fourth-order valence-electron chi connectivity index (χ4n) is 2.36. The standard InChI is InChI=1S/C13H20N2O2S/c1-12(2)11(13(12,3)4)15-18(16,17)10-7-5-9(14)6-8-10/h5-8,11,15H,14H2,1-4H3. The normalized spacial score (nSPS) is 21.8. The average molecular weight is 268 g/mol. The van der Waals surface area contributed by atoms with Crippen molar-refractivity contribution in [1.29, 1.82) is 0 Å². The van der Waals surface area contributed by atoms with Crippen molar-refractivity contribution in [2.75, 3.05) is 5.73 Å². The van der Waals surface area contributed by atoms with Crippen molar-refractivity contribution in [3.05, 3.63) is 24.3 Å². The van der Waals surface area contributed by atoms with E-state index in [2.05, 4.69) is 32.4 Å². The van der Waals surface area contributed by atoms with Crippen LogP contribution >= 0.6 is 0 Å². The average Bonchev–Trinajstić information content (AvgIpc) is 2.61. The van der Waals surface area contributed by atoms with Crippen molar-refractivity contribution in [1.82, 2.24) is 4.72 Å². The zero-order valence-corrected chi connectivity index (χ0v) is 12.0. The summed E-state index contributed by atoms with van der Waals surface area (Å²) in [5.41, 5.74) is 6.07. The molecule has 2 rings (SSSR count). The summed E-state index contributed by atoms with van der Waals surface area (Å²) in [6.07, 6.45) is 0. The highest BCUT2D eigenvalue weighted by Gasteiger charge is 2.65. The van der Waals surface area contributed by atoms with Crippen LogP contribution in [0.4, 0.5) is 5.69 Å². The predicted octanol–water partition coefficient (Wildman–Crippen LogP) is 1.98. The lowest BCUT2D eigenvalue weighted by molar-refractivity contribution is 0.457. The van der Waals surface area contributed by atoms with Gasteiger partial charge in [-0.1, -0.05) is 27.7 Å². The fraction of sp³-hybridized carbons (Fsp3) is 0.538. The van der Waals surface area contributed by atoms with Gasteiger partial charge in [-0.15, -0.1) is 0 Å². The molecule has 0 aromatic heterocycles. The van der Waals surface area contributed by atoms with E-state index < -0.39 is 10.0 Å². The number of hydrogen-bond donors (Lipinski definition) is 2. The van der Waals surface area contributed by atoms with Crippen LogP contribution in [0.3, 0.4) is 0 Å². The summed E-state index contributed by atoms with van der Waals surface area (Å²) in [4.78, 5) is 0.259. The van der Waals surface area contributed by atoms with Crippen molar-refractivity contribution in [3.63, 3.8) is 0 Å². The van der Waals surface area contributed by atoms with Gasteiger partial charge in [-0.05, 0) is 35.1 Å². The molecule has 0 spiro atoms. The number of sulfonamides is 1. The minimum atomic E-state index is -3.46. The molecule has 0 bridgehead atoms. The third kappa shape index (κ3) is 1.91. The number of nitrogens with two attached hydrogens (primary N) is 1. The lowest BCUT2D eigenvalue weighted by Gasteiger charge is -2.08. The molecule has 0 saturated heterocycles. The first-order chi connectivity index (χ1) is 8.09. The molecular formula is C13H20N2O2S. The molecule has 1 aromatic carbocycles. The summed E-state index contributed by atoms with van der Waals surface area (Å²) in [7, 11) is -3.46. The molecule has 3 N–H and O–H groups in total. The van der Waals surface area contributed by atoms with Crippen molar-refractivity contribution in [2.45, 2.75) is 38.6 Å². The van der Waals surface area contributed by atoms with Crippen LogP contribution in [-0.4, -0.2) is 14.5 Å². The van der Waals surface area contributed by atoms with Gasteiger partial charge in [-0.2, -0.15) is 0 Å². The van der Waals surface area contributed by atoms with Gasteiger partial charge in [0.1, 0.15) is 0 Å². The van der Waals surface area contributed by atoms with Gasteiger partial charge in [-0.25, -0.2) is 13.1 Å². The second-order valence-corrected chi connectivity index (χ2v) is 7.78. The van der Waals surface area contributed by atoms with Crippen LogP contribution in [0.2, 0.25) is 0 Å². The molecule has 0 radical (unpaired) electrons. The van der Waals surface area contributed by atoms with E-state index >= 15 is 0 Å². The minimum Gasteiger partial charge on any atom is -0.399 e. The van der Waals surface area contributed by atoms with Crippen LogP contribution in [0.15, 0.2) is 29.2 Å². The minimum absolute atomic E-state index is 0.0200. The second-order valence-electron chi connectivity index (χ2n) is 6.07. The Balaban J connectivity index is 2.22. The van der Waals surface area contributed by atoms with Crippen molar-refractivity contribution in [3.8, 4) is 0 Å². The Morgan fingerprint density at radius 2 is 1.50 bits per heavy atom. The molecule has 0 amide bonds. The van der Waals surface area contributed by atoms with Gasteiger partial charge in [0.2, 0.25) is 10.0 Å². The Morgan fingerprint density at radius 3 is 1.89 bits per heavy atom. The summed E-state index contributed by atoms with van der Waals surface area (Å²) in [5, 5.41) is 0. The van der Waals surface area contributed by atoms with Crippen LogP contribution in [0.5, 0.6) is 0 Å². The summed E-state index contributed by atoms with van der Waals surface area (Å²) < 4.78 is 27.2. The monoisotopic (exact) mass is 268 g/mol. The van der Waals surface area contributed by atoms with Gasteiger partial charge in [0, 0.05) is 11.7 Å². The summed E-state index contributed by atoms with van der Waals surface area (Å²) in [6, 6.07) is 6.21. The second kappa shape index (κ2) is 3.71. The Morgan fingerprint density at radius 1 is 1.06 bits per heavy atom. The first-order valence-corrected chi connectivity index (χ1v) is 7.45. The highest BCUT2D eigenvalue weighted by Crippen LogP contribution is 2.62. The fourth-order valence-corrected chi connectivity index (χ4v) is 3.89. The quantitative estimate of drug-likeness (QED) is 0.823. The molecule has 1 aliphatic carbocycles. The molecular weight excluding hydrogens is 248 g/mol. The third-order valence-corrected chi connectivity index (χ3v) is 5.92. The number of nitrogens with one attached hydrogen (secondary N) is 1. The van der Waals surface area contributed by atoms with E-state index in [9.17, 15) is 8.42 Å². The maximum atomic E-state index is 12.2. The first-order valence-electron chi connectivity index (χ1n) is 5.97. The smallest absolute Gasteiger partial charge is 0.240 e. The van der Waals surface area contributed by atoms with Crippen LogP contribution in [0.25, 0.3) is 0 Å². The molecule has 1 saturated carbocycles. The Hall–Kier alpha value is -1.07. The molecule has 4 nitrogen and oxygen atoms in total. The molecule has 1 aliphatic rings. The van der Waals surface area contributed by atoms with Crippen LogP contribution in [0.1, 0.15) is 27.7 Å². The van der Waals surface area contributed by atoms with E-state index in [1.807, 2.05) is 0 Å². The van der Waals surface area contributed by atoms with Gasteiger partial charge in [0.25, 0.3) is 0 Å². The van der Waals surface area contributed by atoms with E-state index in [0.717, 1.165) is 0 Å². The molecule has 0 atom stereocenters. The maximum Gasteiger partial charge on any atom is 0.240 e. The van der Waals surface area contributed by atoms with E-state index in [1.165, 1.54) is 12.1 Å². The van der Waals surface area contributed by atoms with Crippen molar-refractivity contribution < 1.29 is 8.42 Å². The summed E-state index contributed by atoms with van der Waals surface area (Å²) >= 11 is 0. The van der Waals surface area contributed by atoms with E-state index in [-0.39, 0.29) is 21.8 Å². The Labute approximate surface area is 109 Å². The SMILES string of the molecule is CC1(C)C(NS(=O)(=O)c2ccc(N)cc2)C1(C)C.